The lowest BCUT2D eigenvalue weighted by atomic mass is 9.93. The molecule has 1 fully saturated rings. The average molecular weight is 251 g/mol. The lowest BCUT2D eigenvalue weighted by Gasteiger charge is -2.37. The summed E-state index contributed by atoms with van der Waals surface area (Å²) in [5.41, 5.74) is 1.27. The maximum atomic E-state index is 5.75. The van der Waals surface area contributed by atoms with Gasteiger partial charge in [-0.15, -0.1) is 0 Å². The summed E-state index contributed by atoms with van der Waals surface area (Å²) in [6.07, 6.45) is 6.25. The molecule has 2 unspecified atom stereocenters. The zero-order valence-electron chi connectivity index (χ0n) is 11.9. The minimum atomic E-state index is 0.00321. The second-order valence-electron chi connectivity index (χ2n) is 5.82. The van der Waals surface area contributed by atoms with Crippen molar-refractivity contribution in [1.29, 1.82) is 0 Å². The number of rotatable bonds is 4. The SMILES string of the molecule is CCn1cc(C(C)NC2CCOC(C)(C)C2)cn1. The molecule has 4 heteroatoms. The molecule has 102 valence electrons. The van der Waals surface area contributed by atoms with Crippen LogP contribution < -0.4 is 5.32 Å². The monoisotopic (exact) mass is 251 g/mol. The molecule has 0 saturated carbocycles. The van der Waals surface area contributed by atoms with E-state index in [4.69, 9.17) is 4.74 Å². The summed E-state index contributed by atoms with van der Waals surface area (Å²) >= 11 is 0. The summed E-state index contributed by atoms with van der Waals surface area (Å²) in [7, 11) is 0. The molecule has 0 radical (unpaired) electrons. The van der Waals surface area contributed by atoms with Crippen molar-refractivity contribution >= 4 is 0 Å². The largest absolute Gasteiger partial charge is 0.375 e. The Balaban J connectivity index is 1.92. The van der Waals surface area contributed by atoms with Crippen LogP contribution in [0.1, 0.15) is 52.1 Å². The fourth-order valence-electron chi connectivity index (χ4n) is 2.60. The minimum absolute atomic E-state index is 0.00321. The van der Waals surface area contributed by atoms with Gasteiger partial charge in [0.05, 0.1) is 11.8 Å². The lowest BCUT2D eigenvalue weighted by Crippen LogP contribution is -2.44. The lowest BCUT2D eigenvalue weighted by molar-refractivity contribution is -0.0639. The molecule has 1 aromatic heterocycles. The Kier molecular flexibility index (Phi) is 4.07. The van der Waals surface area contributed by atoms with Crippen LogP contribution in [0, 0.1) is 0 Å². The first-order valence-electron chi connectivity index (χ1n) is 6.92. The summed E-state index contributed by atoms with van der Waals surface area (Å²) in [6.45, 7) is 10.4. The number of aryl methyl sites for hydroxylation is 1. The number of nitrogens with zero attached hydrogens (tertiary/aromatic N) is 2. The molecule has 1 aliphatic rings. The van der Waals surface area contributed by atoms with Crippen molar-refractivity contribution in [3.63, 3.8) is 0 Å². The Morgan fingerprint density at radius 2 is 2.39 bits per heavy atom. The molecule has 2 atom stereocenters. The quantitative estimate of drug-likeness (QED) is 0.893. The first-order valence-corrected chi connectivity index (χ1v) is 6.92. The second kappa shape index (κ2) is 5.41. The van der Waals surface area contributed by atoms with Crippen molar-refractivity contribution in [2.24, 2.45) is 0 Å². The zero-order chi connectivity index (χ0) is 13.2. The molecule has 0 amide bonds. The normalized spacial score (nSPS) is 25.0. The number of nitrogens with one attached hydrogen (secondary N) is 1. The molecule has 1 aliphatic heterocycles. The van der Waals surface area contributed by atoms with Gasteiger partial charge in [0.2, 0.25) is 0 Å². The molecular weight excluding hydrogens is 226 g/mol. The Morgan fingerprint density at radius 1 is 1.61 bits per heavy atom. The first-order chi connectivity index (χ1) is 8.50. The van der Waals surface area contributed by atoms with E-state index in [0.29, 0.717) is 12.1 Å². The van der Waals surface area contributed by atoms with Gasteiger partial charge in [-0.2, -0.15) is 5.10 Å². The van der Waals surface area contributed by atoms with E-state index in [-0.39, 0.29) is 5.60 Å². The van der Waals surface area contributed by atoms with Crippen LogP contribution in [-0.4, -0.2) is 28.0 Å². The van der Waals surface area contributed by atoms with Crippen LogP contribution in [0.4, 0.5) is 0 Å². The van der Waals surface area contributed by atoms with Gasteiger partial charge < -0.3 is 10.1 Å². The van der Waals surface area contributed by atoms with Crippen molar-refractivity contribution in [1.82, 2.24) is 15.1 Å². The third-order valence-electron chi connectivity index (χ3n) is 3.66. The van der Waals surface area contributed by atoms with Gasteiger partial charge in [0, 0.05) is 37.0 Å². The van der Waals surface area contributed by atoms with Gasteiger partial charge in [0.15, 0.2) is 0 Å². The number of aromatic nitrogens is 2. The summed E-state index contributed by atoms with van der Waals surface area (Å²) in [5.74, 6) is 0. The topological polar surface area (TPSA) is 39.1 Å². The Hall–Kier alpha value is -0.870. The highest BCUT2D eigenvalue weighted by Crippen LogP contribution is 2.25. The van der Waals surface area contributed by atoms with Crippen molar-refractivity contribution in [2.75, 3.05) is 6.61 Å². The van der Waals surface area contributed by atoms with Gasteiger partial charge in [-0.05, 0) is 40.5 Å². The fraction of sp³-hybridized carbons (Fsp3) is 0.786. The Bertz CT molecular complexity index is 386. The molecule has 0 aliphatic carbocycles. The summed E-state index contributed by atoms with van der Waals surface area (Å²) in [5, 5.41) is 8.02. The van der Waals surface area contributed by atoms with E-state index >= 15 is 0 Å². The molecule has 4 nitrogen and oxygen atoms in total. The molecule has 1 N–H and O–H groups in total. The Labute approximate surface area is 110 Å². The predicted molar refractivity (Wildman–Crippen MR) is 72.5 cm³/mol. The van der Waals surface area contributed by atoms with Crippen LogP contribution in [0.15, 0.2) is 12.4 Å². The maximum Gasteiger partial charge on any atom is 0.0641 e. The standard InChI is InChI=1S/C14H25N3O/c1-5-17-10-12(9-15-17)11(2)16-13-6-7-18-14(3,4)8-13/h9-11,13,16H,5-8H2,1-4H3. The van der Waals surface area contributed by atoms with Crippen LogP contribution in [0.5, 0.6) is 0 Å². The highest BCUT2D eigenvalue weighted by molar-refractivity contribution is 5.09. The average Bonchev–Trinajstić information content (AvgIpc) is 2.76. The number of hydrogen-bond donors (Lipinski definition) is 1. The van der Waals surface area contributed by atoms with Crippen molar-refractivity contribution in [3.05, 3.63) is 18.0 Å². The summed E-state index contributed by atoms with van der Waals surface area (Å²) < 4.78 is 7.72. The number of ether oxygens (including phenoxy) is 1. The van der Waals surface area contributed by atoms with Gasteiger partial charge >= 0.3 is 0 Å². The Morgan fingerprint density at radius 3 is 3.00 bits per heavy atom. The van der Waals surface area contributed by atoms with E-state index in [9.17, 15) is 0 Å². The molecule has 0 aromatic carbocycles. The predicted octanol–water partition coefficient (Wildman–Crippen LogP) is 2.51. The molecule has 18 heavy (non-hydrogen) atoms. The smallest absolute Gasteiger partial charge is 0.0641 e. The van der Waals surface area contributed by atoms with Crippen LogP contribution in [0.2, 0.25) is 0 Å². The molecule has 1 saturated heterocycles. The van der Waals surface area contributed by atoms with E-state index in [1.165, 1.54) is 5.56 Å². The molecule has 0 bridgehead atoms. The first kappa shape index (κ1) is 13.6. The molecule has 1 aromatic rings. The van der Waals surface area contributed by atoms with Crippen molar-refractivity contribution < 1.29 is 4.74 Å². The molecular formula is C14H25N3O. The summed E-state index contributed by atoms with van der Waals surface area (Å²) in [4.78, 5) is 0. The highest BCUT2D eigenvalue weighted by atomic mass is 16.5. The third kappa shape index (κ3) is 3.33. The van der Waals surface area contributed by atoms with Crippen LogP contribution in [0.25, 0.3) is 0 Å². The van der Waals surface area contributed by atoms with Crippen molar-refractivity contribution in [2.45, 2.75) is 64.8 Å². The van der Waals surface area contributed by atoms with Crippen molar-refractivity contribution in [3.8, 4) is 0 Å². The van der Waals surface area contributed by atoms with Gasteiger partial charge in [-0.25, -0.2) is 0 Å². The maximum absolute atomic E-state index is 5.75. The van der Waals surface area contributed by atoms with Gasteiger partial charge in [0.25, 0.3) is 0 Å². The number of hydrogen-bond acceptors (Lipinski definition) is 3. The van der Waals surface area contributed by atoms with Gasteiger partial charge in [-0.3, -0.25) is 4.68 Å². The zero-order valence-corrected chi connectivity index (χ0v) is 11.9. The van der Waals surface area contributed by atoms with Crippen LogP contribution >= 0.6 is 0 Å². The highest BCUT2D eigenvalue weighted by Gasteiger charge is 2.29. The van der Waals surface area contributed by atoms with Gasteiger partial charge in [0.1, 0.15) is 0 Å². The molecule has 2 rings (SSSR count). The van der Waals surface area contributed by atoms with E-state index in [2.05, 4.69) is 44.3 Å². The third-order valence-corrected chi connectivity index (χ3v) is 3.66. The van der Waals surface area contributed by atoms with E-state index < -0.39 is 0 Å². The van der Waals surface area contributed by atoms with Gasteiger partial charge in [-0.1, -0.05) is 0 Å². The van der Waals surface area contributed by atoms with Crippen LogP contribution in [0.3, 0.4) is 0 Å². The second-order valence-corrected chi connectivity index (χ2v) is 5.82. The molecule has 0 spiro atoms. The minimum Gasteiger partial charge on any atom is -0.375 e. The molecule has 2 heterocycles. The van der Waals surface area contributed by atoms with E-state index in [1.54, 1.807) is 0 Å². The summed E-state index contributed by atoms with van der Waals surface area (Å²) in [6, 6.07) is 0.887. The van der Waals surface area contributed by atoms with E-state index in [0.717, 1.165) is 26.0 Å². The van der Waals surface area contributed by atoms with Crippen LogP contribution in [-0.2, 0) is 11.3 Å². The van der Waals surface area contributed by atoms with E-state index in [1.807, 2.05) is 10.9 Å². The fourth-order valence-corrected chi connectivity index (χ4v) is 2.60.